The number of hydrogen-bond donors (Lipinski definition) is 0. The average Bonchev–Trinajstić information content (AvgIpc) is 2.65. The smallest absolute Gasteiger partial charge is 0.126 e. The lowest BCUT2D eigenvalue weighted by Gasteiger charge is -2.05. The van der Waals surface area contributed by atoms with E-state index in [2.05, 4.69) is 20.8 Å². The van der Waals surface area contributed by atoms with Gasteiger partial charge < -0.3 is 0 Å². The van der Waals surface area contributed by atoms with Gasteiger partial charge in [-0.1, -0.05) is 47.1 Å². The van der Waals surface area contributed by atoms with E-state index in [4.69, 9.17) is 0 Å². The zero-order valence-electron chi connectivity index (χ0n) is 12.2. The molecule has 1 heteroatoms. The van der Waals surface area contributed by atoms with Gasteiger partial charge in [0, 0.05) is 0 Å². The molecule has 98 valence electrons. The van der Waals surface area contributed by atoms with Gasteiger partial charge >= 0.3 is 0 Å². The van der Waals surface area contributed by atoms with Crippen LogP contribution in [0.15, 0.2) is 12.1 Å². The van der Waals surface area contributed by atoms with Gasteiger partial charge in [-0.05, 0) is 48.4 Å². The van der Waals surface area contributed by atoms with Crippen LogP contribution in [0, 0.1) is 12.7 Å². The van der Waals surface area contributed by atoms with Gasteiger partial charge in [0.25, 0.3) is 0 Å². The van der Waals surface area contributed by atoms with Gasteiger partial charge in [0.2, 0.25) is 0 Å². The summed E-state index contributed by atoms with van der Waals surface area (Å²) in [6, 6.07) is 3.70. The maximum absolute atomic E-state index is 13.1. The van der Waals surface area contributed by atoms with Crippen LogP contribution >= 0.6 is 0 Å². The Labute approximate surface area is 106 Å². The van der Waals surface area contributed by atoms with Crippen LogP contribution in [-0.4, -0.2) is 0 Å². The van der Waals surface area contributed by atoms with Crippen LogP contribution in [0.5, 0.6) is 0 Å². The molecule has 0 spiro atoms. The third kappa shape index (κ3) is 4.49. The number of hydrogen-bond acceptors (Lipinski definition) is 0. The number of aryl methyl sites for hydroxylation is 2. The lowest BCUT2D eigenvalue weighted by molar-refractivity contribution is 0.614. The first kappa shape index (κ1) is 16.1. The second-order valence-electron chi connectivity index (χ2n) is 4.45. The molecule has 0 aliphatic heterocycles. The summed E-state index contributed by atoms with van der Waals surface area (Å²) in [7, 11) is 0. The normalized spacial score (nSPS) is 16.3. The Hall–Kier alpha value is -0.850. The molecule has 0 nitrogen and oxygen atoms in total. The fourth-order valence-electron chi connectivity index (χ4n) is 1.96. The van der Waals surface area contributed by atoms with E-state index in [1.54, 1.807) is 6.07 Å². The molecule has 0 saturated heterocycles. The van der Waals surface area contributed by atoms with Crippen molar-refractivity contribution in [3.8, 4) is 0 Å². The first-order chi connectivity index (χ1) is 8.10. The Morgan fingerprint density at radius 1 is 1.24 bits per heavy atom. The minimum absolute atomic E-state index is 0.0532. The summed E-state index contributed by atoms with van der Waals surface area (Å²) in [5, 5.41) is 0. The van der Waals surface area contributed by atoms with Gasteiger partial charge in [-0.3, -0.25) is 0 Å². The van der Waals surface area contributed by atoms with Crippen molar-refractivity contribution in [2.75, 3.05) is 0 Å². The molecule has 1 aliphatic rings. The van der Waals surface area contributed by atoms with Gasteiger partial charge in [-0.15, -0.1) is 0 Å². The second kappa shape index (κ2) is 8.27. The number of rotatable bonds is 0. The van der Waals surface area contributed by atoms with Crippen molar-refractivity contribution in [2.24, 2.45) is 0 Å². The zero-order chi connectivity index (χ0) is 13.4. The lowest BCUT2D eigenvalue weighted by atomic mass is 10.0. The third-order valence-corrected chi connectivity index (χ3v) is 2.80. The maximum atomic E-state index is 13.1. The maximum Gasteiger partial charge on any atom is 0.126 e. The van der Waals surface area contributed by atoms with E-state index < -0.39 is 0 Å². The van der Waals surface area contributed by atoms with Crippen molar-refractivity contribution in [3.05, 3.63) is 34.6 Å². The van der Waals surface area contributed by atoms with Crippen molar-refractivity contribution in [3.63, 3.8) is 0 Å². The van der Waals surface area contributed by atoms with Crippen molar-refractivity contribution >= 4 is 0 Å². The Balaban J connectivity index is 0.000000450. The molecule has 0 fully saturated rings. The van der Waals surface area contributed by atoms with Gasteiger partial charge in [0.05, 0.1) is 0 Å². The Kier molecular flexibility index (Phi) is 7.86. The van der Waals surface area contributed by atoms with Crippen molar-refractivity contribution < 1.29 is 4.39 Å². The third-order valence-electron chi connectivity index (χ3n) is 2.80. The van der Waals surface area contributed by atoms with Crippen LogP contribution < -0.4 is 0 Å². The first-order valence-corrected chi connectivity index (χ1v) is 6.89. The number of fused-ring (bicyclic) bond motifs is 1. The van der Waals surface area contributed by atoms with Gasteiger partial charge in [0.1, 0.15) is 5.82 Å². The van der Waals surface area contributed by atoms with E-state index in [0.29, 0.717) is 5.92 Å². The molecule has 0 N–H and O–H groups in total. The van der Waals surface area contributed by atoms with E-state index in [1.807, 2.05) is 26.8 Å². The standard InChI is InChI=1S/C11H13F.C3H8.C2H6/c1-7-3-4-9-5-8(2)11(12)6-10(7)9;1-3-2;1-2/h5-7H,3-4H2,1-2H3;3H2,1-2H3;1-2H3. The minimum Gasteiger partial charge on any atom is -0.207 e. The minimum atomic E-state index is -0.0532. The summed E-state index contributed by atoms with van der Waals surface area (Å²) < 4.78 is 13.1. The summed E-state index contributed by atoms with van der Waals surface area (Å²) >= 11 is 0. The number of halogens is 1. The molecule has 1 aliphatic carbocycles. The molecule has 0 saturated carbocycles. The van der Waals surface area contributed by atoms with E-state index in [-0.39, 0.29) is 5.82 Å². The zero-order valence-corrected chi connectivity index (χ0v) is 12.2. The van der Waals surface area contributed by atoms with Crippen LogP contribution in [0.1, 0.15) is 70.1 Å². The summed E-state index contributed by atoms with van der Waals surface area (Å²) in [5.41, 5.74) is 3.35. The molecule has 1 aromatic rings. The molecule has 1 unspecified atom stereocenters. The SMILES string of the molecule is CC.CCC.Cc1cc2c(cc1F)C(C)CC2. The van der Waals surface area contributed by atoms with E-state index in [0.717, 1.165) is 12.0 Å². The highest BCUT2D eigenvalue weighted by atomic mass is 19.1. The van der Waals surface area contributed by atoms with Crippen molar-refractivity contribution in [2.45, 2.75) is 66.7 Å². The number of benzene rings is 1. The van der Waals surface area contributed by atoms with Crippen LogP contribution in [0.2, 0.25) is 0 Å². The van der Waals surface area contributed by atoms with Gasteiger partial charge in [-0.25, -0.2) is 4.39 Å². The molecular weight excluding hydrogens is 211 g/mol. The molecule has 0 aromatic heterocycles. The fraction of sp³-hybridized carbons (Fsp3) is 0.625. The summed E-state index contributed by atoms with van der Waals surface area (Å²) in [6.45, 7) is 12.2. The van der Waals surface area contributed by atoms with Crippen LogP contribution in [0.4, 0.5) is 4.39 Å². The summed E-state index contributed by atoms with van der Waals surface area (Å²) in [5.74, 6) is 0.498. The van der Waals surface area contributed by atoms with Crippen molar-refractivity contribution in [1.82, 2.24) is 0 Å². The first-order valence-electron chi connectivity index (χ1n) is 6.89. The topological polar surface area (TPSA) is 0 Å². The molecule has 0 heterocycles. The predicted molar refractivity (Wildman–Crippen MR) is 75.2 cm³/mol. The fourth-order valence-corrected chi connectivity index (χ4v) is 1.96. The predicted octanol–water partition coefficient (Wildman–Crippen LogP) is 5.63. The van der Waals surface area contributed by atoms with E-state index >= 15 is 0 Å². The van der Waals surface area contributed by atoms with Crippen LogP contribution in [-0.2, 0) is 6.42 Å². The highest BCUT2D eigenvalue weighted by Crippen LogP contribution is 2.33. The molecule has 0 radical (unpaired) electrons. The van der Waals surface area contributed by atoms with Gasteiger partial charge in [-0.2, -0.15) is 0 Å². The quantitative estimate of drug-likeness (QED) is 0.549. The molecule has 0 amide bonds. The van der Waals surface area contributed by atoms with E-state index in [1.165, 1.54) is 24.0 Å². The molecule has 1 atom stereocenters. The Morgan fingerprint density at radius 3 is 2.29 bits per heavy atom. The molecule has 1 aromatic carbocycles. The monoisotopic (exact) mass is 238 g/mol. The second-order valence-corrected chi connectivity index (χ2v) is 4.45. The average molecular weight is 238 g/mol. The largest absolute Gasteiger partial charge is 0.207 e. The molecule has 17 heavy (non-hydrogen) atoms. The molecule has 2 rings (SSSR count). The van der Waals surface area contributed by atoms with Gasteiger partial charge in [0.15, 0.2) is 0 Å². The molecule has 0 bridgehead atoms. The summed E-state index contributed by atoms with van der Waals surface area (Å²) in [4.78, 5) is 0. The van der Waals surface area contributed by atoms with Crippen LogP contribution in [0.3, 0.4) is 0 Å². The summed E-state index contributed by atoms with van der Waals surface area (Å²) in [6.07, 6.45) is 3.55. The highest BCUT2D eigenvalue weighted by molar-refractivity contribution is 5.38. The van der Waals surface area contributed by atoms with E-state index in [9.17, 15) is 4.39 Å². The van der Waals surface area contributed by atoms with Crippen molar-refractivity contribution in [1.29, 1.82) is 0 Å². The highest BCUT2D eigenvalue weighted by Gasteiger charge is 2.19. The Morgan fingerprint density at radius 2 is 1.76 bits per heavy atom. The lowest BCUT2D eigenvalue weighted by Crippen LogP contribution is -1.90. The molecular formula is C16H27F. The van der Waals surface area contributed by atoms with Crippen LogP contribution in [0.25, 0.3) is 0 Å². The Bertz CT molecular complexity index is 329.